The molecule has 2 heterocycles. The fourth-order valence-corrected chi connectivity index (χ4v) is 6.42. The van der Waals surface area contributed by atoms with Crippen LogP contribution in [0.3, 0.4) is 0 Å². The van der Waals surface area contributed by atoms with Gasteiger partial charge in [-0.3, -0.25) is 4.79 Å². The van der Waals surface area contributed by atoms with Crippen LogP contribution in [0.15, 0.2) is 21.7 Å². The van der Waals surface area contributed by atoms with E-state index in [1.54, 1.807) is 17.5 Å². The van der Waals surface area contributed by atoms with E-state index in [0.29, 0.717) is 23.7 Å². The van der Waals surface area contributed by atoms with Gasteiger partial charge in [-0.1, -0.05) is 25.8 Å². The number of hydrogen-bond acceptors (Lipinski definition) is 4. The third-order valence-electron chi connectivity index (χ3n) is 5.06. The van der Waals surface area contributed by atoms with E-state index in [2.05, 4.69) is 12.2 Å². The highest BCUT2D eigenvalue weighted by molar-refractivity contribution is 7.91. The first-order valence-electron chi connectivity index (χ1n) is 8.25. The number of carbonyl (C=O) groups is 1. The molecular formula is C16H24N2O3S2. The van der Waals surface area contributed by atoms with Crippen LogP contribution in [0.4, 0.5) is 0 Å². The molecule has 1 saturated carbocycles. The molecule has 1 aliphatic heterocycles. The average molecular weight is 357 g/mol. The van der Waals surface area contributed by atoms with Gasteiger partial charge in [0.2, 0.25) is 5.91 Å². The van der Waals surface area contributed by atoms with Crippen molar-refractivity contribution < 1.29 is 13.2 Å². The Hall–Kier alpha value is -0.920. The van der Waals surface area contributed by atoms with Crippen molar-refractivity contribution in [3.8, 4) is 0 Å². The Morgan fingerprint density at radius 2 is 2.13 bits per heavy atom. The molecule has 1 amide bonds. The third kappa shape index (κ3) is 3.46. The minimum atomic E-state index is -3.55. The minimum absolute atomic E-state index is 0.143. The lowest BCUT2D eigenvalue weighted by Gasteiger charge is -2.27. The number of sulfonamides is 1. The Kier molecular flexibility index (Phi) is 4.80. The normalized spacial score (nSPS) is 24.8. The van der Waals surface area contributed by atoms with Crippen molar-refractivity contribution in [1.82, 2.24) is 9.62 Å². The van der Waals surface area contributed by atoms with Gasteiger partial charge in [0.15, 0.2) is 0 Å². The van der Waals surface area contributed by atoms with Crippen LogP contribution < -0.4 is 5.32 Å². The molecule has 0 spiro atoms. The van der Waals surface area contributed by atoms with Crippen LogP contribution in [0.5, 0.6) is 0 Å². The molecule has 7 heteroatoms. The molecule has 5 nitrogen and oxygen atoms in total. The first-order valence-corrected chi connectivity index (χ1v) is 10.6. The van der Waals surface area contributed by atoms with Gasteiger partial charge < -0.3 is 5.32 Å². The number of nitrogens with one attached hydrogen (secondary N) is 1. The molecule has 3 rings (SSSR count). The Bertz CT molecular complexity index is 649. The van der Waals surface area contributed by atoms with Crippen molar-refractivity contribution in [2.45, 2.75) is 55.7 Å². The molecule has 2 aliphatic rings. The van der Waals surface area contributed by atoms with Crippen molar-refractivity contribution in [3.63, 3.8) is 0 Å². The molecule has 1 unspecified atom stereocenters. The van der Waals surface area contributed by atoms with Crippen LogP contribution in [0.2, 0.25) is 0 Å². The van der Waals surface area contributed by atoms with Crippen LogP contribution in [0.25, 0.3) is 0 Å². The van der Waals surface area contributed by atoms with Gasteiger partial charge in [0, 0.05) is 13.1 Å². The summed E-state index contributed by atoms with van der Waals surface area (Å²) in [7, 11) is -3.55. The second-order valence-electron chi connectivity index (χ2n) is 6.94. The Morgan fingerprint density at radius 3 is 2.78 bits per heavy atom. The molecular weight excluding hydrogens is 332 g/mol. The second-order valence-corrected chi connectivity index (χ2v) is 10.0. The Morgan fingerprint density at radius 1 is 1.39 bits per heavy atom. The van der Waals surface area contributed by atoms with Gasteiger partial charge in [-0.25, -0.2) is 8.42 Å². The molecule has 0 bridgehead atoms. The van der Waals surface area contributed by atoms with E-state index in [0.717, 1.165) is 19.3 Å². The zero-order chi connectivity index (χ0) is 16.5. The van der Waals surface area contributed by atoms with E-state index in [1.165, 1.54) is 28.5 Å². The first-order chi connectivity index (χ1) is 10.9. The topological polar surface area (TPSA) is 66.5 Å². The molecule has 0 radical (unpaired) electrons. The largest absolute Gasteiger partial charge is 0.354 e. The van der Waals surface area contributed by atoms with Crippen molar-refractivity contribution in [1.29, 1.82) is 0 Å². The van der Waals surface area contributed by atoms with Gasteiger partial charge in [-0.15, -0.1) is 11.3 Å². The molecule has 0 aromatic carbocycles. The highest BCUT2D eigenvalue weighted by Gasteiger charge is 2.40. The van der Waals surface area contributed by atoms with Crippen LogP contribution in [-0.4, -0.2) is 37.8 Å². The van der Waals surface area contributed by atoms with Gasteiger partial charge in [-0.2, -0.15) is 4.31 Å². The molecule has 128 valence electrons. The first kappa shape index (κ1) is 16.9. The summed E-state index contributed by atoms with van der Waals surface area (Å²) in [6.07, 6.45) is 6.04. The second kappa shape index (κ2) is 6.53. The zero-order valence-corrected chi connectivity index (χ0v) is 15.1. The lowest BCUT2D eigenvalue weighted by atomic mass is 9.89. The predicted molar refractivity (Wildman–Crippen MR) is 90.8 cm³/mol. The number of thiophene rings is 1. The van der Waals surface area contributed by atoms with Crippen LogP contribution in [-0.2, 0) is 14.8 Å². The standard InChI is InChI=1S/C16H24N2O3S2/c1-16(8-2-3-9-16)12-17-15(19)13-6-4-10-18(13)23(20,21)14-7-5-11-22-14/h5,7,11,13H,2-4,6,8-10,12H2,1H3,(H,17,19). The van der Waals surface area contributed by atoms with E-state index in [1.807, 2.05) is 0 Å². The molecule has 1 N–H and O–H groups in total. The Balaban J connectivity index is 1.68. The van der Waals surface area contributed by atoms with Crippen LogP contribution >= 0.6 is 11.3 Å². The fourth-order valence-electron chi connectivity index (χ4n) is 3.64. The average Bonchev–Trinajstić information content (AvgIpc) is 3.25. The molecule has 1 aromatic heterocycles. The number of hydrogen-bond donors (Lipinski definition) is 1. The van der Waals surface area contributed by atoms with Gasteiger partial charge in [-0.05, 0) is 42.5 Å². The summed E-state index contributed by atoms with van der Waals surface area (Å²) in [6.45, 7) is 3.28. The smallest absolute Gasteiger partial charge is 0.253 e. The third-order valence-corrected chi connectivity index (χ3v) is 8.35. The Labute approximate surface area is 142 Å². The molecule has 2 fully saturated rings. The monoisotopic (exact) mass is 356 g/mol. The van der Waals surface area contributed by atoms with Gasteiger partial charge >= 0.3 is 0 Å². The summed E-state index contributed by atoms with van der Waals surface area (Å²) in [6, 6.07) is 2.77. The highest BCUT2D eigenvalue weighted by Crippen LogP contribution is 2.37. The zero-order valence-electron chi connectivity index (χ0n) is 13.5. The number of carbonyl (C=O) groups excluding carboxylic acids is 1. The molecule has 1 atom stereocenters. The van der Waals surface area contributed by atoms with Crippen LogP contribution in [0.1, 0.15) is 45.4 Å². The van der Waals surface area contributed by atoms with E-state index in [-0.39, 0.29) is 11.3 Å². The van der Waals surface area contributed by atoms with E-state index >= 15 is 0 Å². The summed E-state index contributed by atoms with van der Waals surface area (Å²) in [5.74, 6) is -0.143. The van der Waals surface area contributed by atoms with Crippen molar-refractivity contribution in [2.24, 2.45) is 5.41 Å². The van der Waals surface area contributed by atoms with E-state index < -0.39 is 16.1 Å². The van der Waals surface area contributed by atoms with Gasteiger partial charge in [0.05, 0.1) is 0 Å². The number of amides is 1. The maximum atomic E-state index is 12.7. The quantitative estimate of drug-likeness (QED) is 0.882. The number of rotatable bonds is 5. The van der Waals surface area contributed by atoms with E-state index in [9.17, 15) is 13.2 Å². The molecule has 1 aromatic rings. The lowest BCUT2D eigenvalue weighted by molar-refractivity contribution is -0.124. The van der Waals surface area contributed by atoms with Crippen molar-refractivity contribution in [3.05, 3.63) is 17.5 Å². The van der Waals surface area contributed by atoms with Gasteiger partial charge in [0.1, 0.15) is 10.3 Å². The molecule has 1 aliphatic carbocycles. The summed E-state index contributed by atoms with van der Waals surface area (Å²) < 4.78 is 27.1. The molecule has 23 heavy (non-hydrogen) atoms. The van der Waals surface area contributed by atoms with Crippen molar-refractivity contribution >= 4 is 27.3 Å². The highest BCUT2D eigenvalue weighted by atomic mass is 32.2. The fraction of sp³-hybridized carbons (Fsp3) is 0.688. The summed E-state index contributed by atoms with van der Waals surface area (Å²) in [5.41, 5.74) is 0.172. The van der Waals surface area contributed by atoms with Crippen molar-refractivity contribution in [2.75, 3.05) is 13.1 Å². The predicted octanol–water partition coefficient (Wildman–Crippen LogP) is 2.60. The summed E-state index contributed by atoms with van der Waals surface area (Å²) in [4.78, 5) is 12.6. The maximum Gasteiger partial charge on any atom is 0.253 e. The maximum absolute atomic E-state index is 12.7. The summed E-state index contributed by atoms with van der Waals surface area (Å²) >= 11 is 1.20. The van der Waals surface area contributed by atoms with Crippen LogP contribution in [0, 0.1) is 5.41 Å². The number of nitrogens with zero attached hydrogens (tertiary/aromatic N) is 1. The SMILES string of the molecule is CC1(CNC(=O)C2CCCN2S(=O)(=O)c2cccs2)CCCC1. The van der Waals surface area contributed by atoms with E-state index in [4.69, 9.17) is 0 Å². The van der Waals surface area contributed by atoms with Gasteiger partial charge in [0.25, 0.3) is 10.0 Å². The minimum Gasteiger partial charge on any atom is -0.354 e. The lowest BCUT2D eigenvalue weighted by Crippen LogP contribution is -2.47. The summed E-state index contributed by atoms with van der Waals surface area (Å²) in [5, 5.41) is 4.76. The molecule has 1 saturated heterocycles.